The number of hydrogen-bond donors (Lipinski definition) is 0. The van der Waals surface area contributed by atoms with E-state index >= 15 is 0 Å². The van der Waals surface area contributed by atoms with E-state index in [2.05, 4.69) is 20.5 Å². The number of nitro groups is 1. The summed E-state index contributed by atoms with van der Waals surface area (Å²) in [5.41, 5.74) is -0.327. The molecule has 24 heavy (non-hydrogen) atoms. The van der Waals surface area contributed by atoms with Gasteiger partial charge < -0.3 is 0 Å². The first-order chi connectivity index (χ1) is 11.4. The first kappa shape index (κ1) is 16.5. The molecule has 0 fully saturated rings. The molecule has 1 aromatic carbocycles. The Morgan fingerprint density at radius 2 is 2.21 bits per heavy atom. The summed E-state index contributed by atoms with van der Waals surface area (Å²) in [5, 5.41) is 23.6. The number of nitrogens with zero attached hydrogens (tertiary/aromatic N) is 6. The third-order valence-corrected chi connectivity index (χ3v) is 4.61. The lowest BCUT2D eigenvalue weighted by molar-refractivity contribution is -0.537. The zero-order valence-corrected chi connectivity index (χ0v) is 14.0. The van der Waals surface area contributed by atoms with Gasteiger partial charge in [0.15, 0.2) is 5.82 Å². The normalized spacial score (nSPS) is 22.7. The monoisotopic (exact) mass is 366 g/mol. The number of dihydropyridines is 1. The van der Waals surface area contributed by atoms with Crippen LogP contribution in [0.1, 0.15) is 6.92 Å². The van der Waals surface area contributed by atoms with Gasteiger partial charge in [-0.05, 0) is 35.6 Å². The van der Waals surface area contributed by atoms with E-state index < -0.39 is 16.5 Å². The van der Waals surface area contributed by atoms with Crippen molar-refractivity contribution in [3.63, 3.8) is 0 Å². The lowest BCUT2D eigenvalue weighted by Gasteiger charge is -2.28. The molecule has 1 aromatic heterocycles. The van der Waals surface area contributed by atoms with Gasteiger partial charge in [0.05, 0.1) is 22.0 Å². The molecule has 0 saturated carbocycles. The van der Waals surface area contributed by atoms with Gasteiger partial charge in [-0.25, -0.2) is 9.67 Å². The minimum absolute atomic E-state index is 0.164. The lowest BCUT2D eigenvalue weighted by atomic mass is 9.85. The van der Waals surface area contributed by atoms with Gasteiger partial charge in [-0.2, -0.15) is 0 Å². The van der Waals surface area contributed by atoms with E-state index in [1.54, 1.807) is 37.3 Å². The fourth-order valence-corrected chi connectivity index (χ4v) is 2.97. The van der Waals surface area contributed by atoms with Crippen LogP contribution in [-0.4, -0.2) is 37.5 Å². The molecule has 0 saturated heterocycles. The van der Waals surface area contributed by atoms with Crippen molar-refractivity contribution in [1.82, 2.24) is 20.2 Å². The molecule has 0 bridgehead atoms. The van der Waals surface area contributed by atoms with Gasteiger partial charge in [0, 0.05) is 16.7 Å². The topological polar surface area (TPSA) is 99.1 Å². The molecule has 10 heteroatoms. The van der Waals surface area contributed by atoms with Crippen molar-refractivity contribution in [3.8, 4) is 11.4 Å². The van der Waals surface area contributed by atoms with Gasteiger partial charge in [0.25, 0.3) is 0 Å². The molecule has 2 atom stereocenters. The van der Waals surface area contributed by atoms with E-state index in [-0.39, 0.29) is 6.54 Å². The van der Waals surface area contributed by atoms with E-state index in [0.29, 0.717) is 21.4 Å². The molecule has 2 unspecified atom stereocenters. The summed E-state index contributed by atoms with van der Waals surface area (Å²) in [6.45, 7) is 1.90. The number of halogens is 2. The van der Waals surface area contributed by atoms with Crippen molar-refractivity contribution >= 4 is 29.4 Å². The smallest absolute Gasteiger partial charge is 0.262 e. The molecule has 0 aliphatic carbocycles. The molecule has 0 radical (unpaired) electrons. The molecule has 1 aliphatic rings. The molecule has 1 aliphatic heterocycles. The van der Waals surface area contributed by atoms with Gasteiger partial charge >= 0.3 is 6.17 Å². The van der Waals surface area contributed by atoms with E-state index in [0.717, 1.165) is 0 Å². The van der Waals surface area contributed by atoms with Crippen molar-refractivity contribution in [1.29, 1.82) is 0 Å². The molecule has 2 heterocycles. The van der Waals surface area contributed by atoms with Crippen molar-refractivity contribution in [2.75, 3.05) is 0 Å². The third kappa shape index (κ3) is 2.90. The highest BCUT2D eigenvalue weighted by molar-refractivity contribution is 6.43. The Balaban J connectivity index is 1.99. The number of allylic oxidation sites excluding steroid dienone is 1. The van der Waals surface area contributed by atoms with Crippen LogP contribution in [0.15, 0.2) is 35.3 Å². The molecule has 0 N–H and O–H groups in total. The summed E-state index contributed by atoms with van der Waals surface area (Å²) in [6, 6.07) is 5.12. The van der Waals surface area contributed by atoms with Crippen LogP contribution in [0.25, 0.3) is 11.4 Å². The minimum atomic E-state index is -1.12. The molecule has 3 rings (SSSR count). The predicted octanol–water partition coefficient (Wildman–Crippen LogP) is 2.90. The second-order valence-corrected chi connectivity index (χ2v) is 6.37. The van der Waals surface area contributed by atoms with Crippen LogP contribution in [0.5, 0.6) is 0 Å². The molecule has 124 valence electrons. The van der Waals surface area contributed by atoms with E-state index in [1.165, 1.54) is 10.9 Å². The molecule has 0 spiro atoms. The highest BCUT2D eigenvalue weighted by Gasteiger charge is 2.43. The Morgan fingerprint density at radius 3 is 2.96 bits per heavy atom. The van der Waals surface area contributed by atoms with Gasteiger partial charge in [-0.15, -0.1) is 5.10 Å². The third-order valence-electron chi connectivity index (χ3n) is 3.79. The first-order valence-electron chi connectivity index (χ1n) is 6.97. The zero-order chi connectivity index (χ0) is 17.3. The Hall–Kier alpha value is -2.32. The summed E-state index contributed by atoms with van der Waals surface area (Å²) in [5.74, 6) is 0.383. The molecule has 0 amide bonds. The molecule has 2 aromatic rings. The average molecular weight is 367 g/mol. The number of benzene rings is 1. The van der Waals surface area contributed by atoms with Crippen LogP contribution >= 0.6 is 23.2 Å². The first-order valence-corrected chi connectivity index (χ1v) is 7.73. The Kier molecular flexibility index (Phi) is 4.33. The van der Waals surface area contributed by atoms with Crippen LogP contribution in [0.4, 0.5) is 0 Å². The lowest BCUT2D eigenvalue weighted by Crippen LogP contribution is -2.40. The second kappa shape index (κ2) is 6.29. The fraction of sp³-hybridized carbons (Fsp3) is 0.286. The number of hydrogen-bond acceptors (Lipinski definition) is 6. The number of aliphatic imine (C=N–C) groups is 1. The van der Waals surface area contributed by atoms with Crippen LogP contribution in [0, 0.1) is 15.5 Å². The predicted molar refractivity (Wildman–Crippen MR) is 89.8 cm³/mol. The number of aromatic nitrogens is 4. The van der Waals surface area contributed by atoms with Crippen molar-refractivity contribution in [2.24, 2.45) is 10.4 Å². The summed E-state index contributed by atoms with van der Waals surface area (Å²) in [7, 11) is 0. The maximum atomic E-state index is 11.3. The average Bonchev–Trinajstić information content (AvgIpc) is 2.97. The van der Waals surface area contributed by atoms with Crippen molar-refractivity contribution < 1.29 is 4.92 Å². The maximum Gasteiger partial charge on any atom is 0.314 e. The van der Waals surface area contributed by atoms with Crippen LogP contribution in [-0.2, 0) is 6.54 Å². The van der Waals surface area contributed by atoms with E-state index in [9.17, 15) is 10.1 Å². The maximum absolute atomic E-state index is 11.3. The SMILES string of the molecule is CC1(Cn2nnnc2-c2cccc(Cl)c2Cl)C=CC=NC1[N+](=O)[O-]. The van der Waals surface area contributed by atoms with Gasteiger partial charge in [-0.3, -0.25) is 10.1 Å². The Bertz CT molecular complexity index is 850. The summed E-state index contributed by atoms with van der Waals surface area (Å²) in [6.07, 6.45) is 3.72. The standard InChI is InChI=1S/C14H12Cl2N6O2/c1-14(6-3-7-17-13(14)22(23)24)8-21-12(18-19-20-21)9-4-2-5-10(15)11(9)16/h2-7,13H,8H2,1H3. The summed E-state index contributed by atoms with van der Waals surface area (Å²) >= 11 is 12.3. The highest BCUT2D eigenvalue weighted by atomic mass is 35.5. The second-order valence-electron chi connectivity index (χ2n) is 5.58. The molecular formula is C14H12Cl2N6O2. The van der Waals surface area contributed by atoms with Crippen LogP contribution in [0.3, 0.4) is 0 Å². The number of tetrazole rings is 1. The van der Waals surface area contributed by atoms with E-state index in [1.807, 2.05) is 0 Å². The molecular weight excluding hydrogens is 355 g/mol. The van der Waals surface area contributed by atoms with Gasteiger partial charge in [-0.1, -0.05) is 35.3 Å². The Morgan fingerprint density at radius 1 is 1.42 bits per heavy atom. The van der Waals surface area contributed by atoms with Gasteiger partial charge in [0.1, 0.15) is 0 Å². The van der Waals surface area contributed by atoms with Crippen molar-refractivity contribution in [2.45, 2.75) is 19.6 Å². The zero-order valence-electron chi connectivity index (χ0n) is 12.5. The van der Waals surface area contributed by atoms with E-state index in [4.69, 9.17) is 23.2 Å². The van der Waals surface area contributed by atoms with Crippen molar-refractivity contribution in [3.05, 3.63) is 50.5 Å². The molecule has 8 nitrogen and oxygen atoms in total. The minimum Gasteiger partial charge on any atom is -0.262 e. The van der Waals surface area contributed by atoms with Crippen LogP contribution < -0.4 is 0 Å². The van der Waals surface area contributed by atoms with Crippen LogP contribution in [0.2, 0.25) is 10.0 Å². The quantitative estimate of drug-likeness (QED) is 0.611. The summed E-state index contributed by atoms with van der Waals surface area (Å²) < 4.78 is 1.47. The Labute approximate surface area is 146 Å². The van der Waals surface area contributed by atoms with Gasteiger partial charge in [0.2, 0.25) is 0 Å². The fourth-order valence-electron chi connectivity index (χ4n) is 2.58. The largest absolute Gasteiger partial charge is 0.314 e. The summed E-state index contributed by atoms with van der Waals surface area (Å²) in [4.78, 5) is 14.8. The number of rotatable bonds is 4. The highest BCUT2D eigenvalue weighted by Crippen LogP contribution is 2.35.